The van der Waals surface area contributed by atoms with Crippen molar-refractivity contribution in [2.45, 2.75) is 25.8 Å². The first kappa shape index (κ1) is 15.9. The van der Waals surface area contributed by atoms with E-state index < -0.39 is 0 Å². The average molecular weight is 260 g/mol. The van der Waals surface area contributed by atoms with Crippen molar-refractivity contribution < 1.29 is 14.6 Å². The van der Waals surface area contributed by atoms with Crippen LogP contribution in [0.2, 0.25) is 0 Å². The fraction of sp³-hybridized carbons (Fsp3) is 0.417. The number of aliphatic hydroxyl groups excluding tert-OH is 1. The number of benzene rings is 1. The number of aliphatic hydroxyl groups is 1. The molecule has 0 aromatic heterocycles. The molecule has 0 aliphatic heterocycles. The molecule has 3 N–H and O–H groups in total. The Morgan fingerprint density at radius 2 is 2.00 bits per heavy atom. The fourth-order valence-corrected chi connectivity index (χ4v) is 1.43. The third-order valence-corrected chi connectivity index (χ3v) is 2.24. The Morgan fingerprint density at radius 3 is 2.47 bits per heavy atom. The summed E-state index contributed by atoms with van der Waals surface area (Å²) < 4.78 is 4.91. The van der Waals surface area contributed by atoms with Gasteiger partial charge < -0.3 is 15.6 Å². The highest BCUT2D eigenvalue weighted by atomic mass is 35.5. The number of ether oxygens (including phenoxy) is 1. The highest BCUT2D eigenvalue weighted by Crippen LogP contribution is 2.19. The Labute approximate surface area is 107 Å². The van der Waals surface area contributed by atoms with Crippen LogP contribution in [0.4, 0.5) is 0 Å². The third kappa shape index (κ3) is 5.68. The summed E-state index contributed by atoms with van der Waals surface area (Å²) in [5.41, 5.74) is 6.89. The number of rotatable bonds is 5. The maximum Gasteiger partial charge on any atom is 0.308 e. The summed E-state index contributed by atoms with van der Waals surface area (Å²) in [5.74, 6) is 0.183. The van der Waals surface area contributed by atoms with E-state index in [0.717, 1.165) is 12.0 Å². The van der Waals surface area contributed by atoms with Crippen LogP contribution in [0.25, 0.3) is 0 Å². The quantitative estimate of drug-likeness (QED) is 0.625. The van der Waals surface area contributed by atoms with Crippen LogP contribution in [-0.4, -0.2) is 17.7 Å². The molecule has 0 bridgehead atoms. The van der Waals surface area contributed by atoms with Gasteiger partial charge in [-0.3, -0.25) is 4.79 Å². The van der Waals surface area contributed by atoms with Crippen LogP contribution in [0.5, 0.6) is 5.75 Å². The van der Waals surface area contributed by atoms with Crippen LogP contribution in [0.15, 0.2) is 24.3 Å². The van der Waals surface area contributed by atoms with E-state index in [1.165, 1.54) is 6.92 Å². The van der Waals surface area contributed by atoms with Crippen molar-refractivity contribution in [2.75, 3.05) is 6.61 Å². The topological polar surface area (TPSA) is 72.5 Å². The Kier molecular flexibility index (Phi) is 7.54. The zero-order valence-electron chi connectivity index (χ0n) is 9.76. The smallest absolute Gasteiger partial charge is 0.308 e. The largest absolute Gasteiger partial charge is 0.427 e. The first-order valence-electron chi connectivity index (χ1n) is 5.28. The molecule has 0 unspecified atom stereocenters. The summed E-state index contributed by atoms with van der Waals surface area (Å²) in [7, 11) is 0. The lowest BCUT2D eigenvalue weighted by Crippen LogP contribution is -2.10. The summed E-state index contributed by atoms with van der Waals surface area (Å²) >= 11 is 0. The molecule has 0 fully saturated rings. The van der Waals surface area contributed by atoms with Gasteiger partial charge in [0.1, 0.15) is 5.75 Å². The summed E-state index contributed by atoms with van der Waals surface area (Å²) in [6.45, 7) is 1.51. The van der Waals surface area contributed by atoms with Gasteiger partial charge in [-0.2, -0.15) is 0 Å². The van der Waals surface area contributed by atoms with Crippen molar-refractivity contribution in [3.63, 3.8) is 0 Å². The highest BCUT2D eigenvalue weighted by Gasteiger charge is 2.06. The van der Waals surface area contributed by atoms with Crippen molar-refractivity contribution in [2.24, 2.45) is 5.73 Å². The fourth-order valence-electron chi connectivity index (χ4n) is 1.43. The van der Waals surface area contributed by atoms with Crippen molar-refractivity contribution in [3.8, 4) is 5.75 Å². The van der Waals surface area contributed by atoms with E-state index in [1.54, 1.807) is 12.1 Å². The molecule has 0 heterocycles. The number of carbonyl (C=O) groups is 1. The first-order valence-corrected chi connectivity index (χ1v) is 5.28. The first-order chi connectivity index (χ1) is 7.63. The molecule has 4 nitrogen and oxygen atoms in total. The molecule has 0 saturated carbocycles. The van der Waals surface area contributed by atoms with Gasteiger partial charge in [0.2, 0.25) is 0 Å². The van der Waals surface area contributed by atoms with Crippen LogP contribution >= 0.6 is 12.4 Å². The van der Waals surface area contributed by atoms with E-state index in [0.29, 0.717) is 12.2 Å². The van der Waals surface area contributed by atoms with Gasteiger partial charge in [-0.05, 0) is 30.5 Å². The lowest BCUT2D eigenvalue weighted by Gasteiger charge is -2.11. The molecule has 0 aliphatic rings. The second kappa shape index (κ2) is 8.06. The molecular formula is C12H18ClNO3. The standard InChI is InChI=1S/C12H17NO3.ClH/c1-9(15)16-11-6-4-10(5-7-11)12(13)3-2-8-14;/h4-7,12,14H,2-3,8,13H2,1H3;1H/t12-;/m0./s1. The molecule has 0 saturated heterocycles. The molecule has 0 amide bonds. The predicted molar refractivity (Wildman–Crippen MR) is 68.2 cm³/mol. The monoisotopic (exact) mass is 259 g/mol. The molecule has 0 aliphatic carbocycles. The number of carbonyl (C=O) groups excluding carboxylic acids is 1. The molecule has 1 aromatic carbocycles. The van der Waals surface area contributed by atoms with E-state index in [2.05, 4.69) is 0 Å². The number of nitrogens with two attached hydrogens (primary N) is 1. The van der Waals surface area contributed by atoms with Crippen molar-refractivity contribution in [1.29, 1.82) is 0 Å². The lowest BCUT2D eigenvalue weighted by molar-refractivity contribution is -0.131. The van der Waals surface area contributed by atoms with Crippen LogP contribution in [-0.2, 0) is 4.79 Å². The number of hydrogen-bond acceptors (Lipinski definition) is 4. The van der Waals surface area contributed by atoms with E-state index in [-0.39, 0.29) is 31.0 Å². The van der Waals surface area contributed by atoms with Gasteiger partial charge in [-0.1, -0.05) is 12.1 Å². The third-order valence-electron chi connectivity index (χ3n) is 2.24. The normalized spacial score (nSPS) is 11.5. The van der Waals surface area contributed by atoms with Crippen molar-refractivity contribution in [1.82, 2.24) is 0 Å². The second-order valence-corrected chi connectivity index (χ2v) is 3.64. The van der Waals surface area contributed by atoms with Gasteiger partial charge in [-0.15, -0.1) is 12.4 Å². The minimum Gasteiger partial charge on any atom is -0.427 e. The van der Waals surface area contributed by atoms with Gasteiger partial charge >= 0.3 is 5.97 Å². The maximum absolute atomic E-state index is 10.7. The zero-order chi connectivity index (χ0) is 12.0. The minimum atomic E-state index is -0.336. The van der Waals surface area contributed by atoms with Crippen LogP contribution in [0.3, 0.4) is 0 Å². The number of halogens is 1. The van der Waals surface area contributed by atoms with Gasteiger partial charge in [0.25, 0.3) is 0 Å². The second-order valence-electron chi connectivity index (χ2n) is 3.64. The summed E-state index contributed by atoms with van der Waals surface area (Å²) in [6.07, 6.45) is 1.43. The van der Waals surface area contributed by atoms with Crippen molar-refractivity contribution >= 4 is 18.4 Å². The Balaban J connectivity index is 0.00000256. The molecule has 0 radical (unpaired) electrons. The SMILES string of the molecule is CC(=O)Oc1ccc([C@@H](N)CCCO)cc1.Cl. The van der Waals surface area contributed by atoms with Crippen LogP contribution in [0.1, 0.15) is 31.4 Å². The summed E-state index contributed by atoms with van der Waals surface area (Å²) in [4.78, 5) is 10.7. The van der Waals surface area contributed by atoms with Gasteiger partial charge in [0.05, 0.1) is 0 Å². The van der Waals surface area contributed by atoms with Gasteiger partial charge in [0.15, 0.2) is 0 Å². The molecule has 5 heteroatoms. The predicted octanol–water partition coefficient (Wildman–Crippen LogP) is 1.81. The van der Waals surface area contributed by atoms with E-state index >= 15 is 0 Å². The van der Waals surface area contributed by atoms with Gasteiger partial charge in [0, 0.05) is 19.6 Å². The summed E-state index contributed by atoms with van der Waals surface area (Å²) in [5, 5.41) is 8.69. The molecule has 1 aromatic rings. The van der Waals surface area contributed by atoms with E-state index in [1.807, 2.05) is 12.1 Å². The van der Waals surface area contributed by atoms with E-state index in [9.17, 15) is 4.79 Å². The average Bonchev–Trinajstić information content (AvgIpc) is 2.26. The molecule has 1 atom stereocenters. The maximum atomic E-state index is 10.7. The Hall–Kier alpha value is -1.10. The number of esters is 1. The van der Waals surface area contributed by atoms with Crippen molar-refractivity contribution in [3.05, 3.63) is 29.8 Å². The lowest BCUT2D eigenvalue weighted by atomic mass is 10.0. The van der Waals surface area contributed by atoms with Crippen LogP contribution < -0.4 is 10.5 Å². The minimum absolute atomic E-state index is 0. The zero-order valence-corrected chi connectivity index (χ0v) is 10.6. The molecule has 0 spiro atoms. The van der Waals surface area contributed by atoms with E-state index in [4.69, 9.17) is 15.6 Å². The molecular weight excluding hydrogens is 242 g/mol. The number of hydrogen-bond donors (Lipinski definition) is 2. The molecule has 1 rings (SSSR count). The Morgan fingerprint density at radius 1 is 1.41 bits per heavy atom. The molecule has 96 valence electrons. The van der Waals surface area contributed by atoms with Gasteiger partial charge in [-0.25, -0.2) is 0 Å². The van der Waals surface area contributed by atoms with Crippen LogP contribution in [0, 0.1) is 0 Å². The highest BCUT2D eigenvalue weighted by molar-refractivity contribution is 5.85. The Bertz CT molecular complexity index is 340. The molecule has 17 heavy (non-hydrogen) atoms. The summed E-state index contributed by atoms with van der Waals surface area (Å²) in [6, 6.07) is 7.02.